The Kier molecular flexibility index (Phi) is 5.11. The molecule has 0 fully saturated rings. The van der Waals surface area contributed by atoms with Crippen LogP contribution in [0, 0.1) is 13.8 Å². The van der Waals surface area contributed by atoms with Gasteiger partial charge in [-0.15, -0.1) is 0 Å². The van der Waals surface area contributed by atoms with Gasteiger partial charge in [-0.05, 0) is 32.0 Å². The number of nitrogens with zero attached hydrogens (tertiary/aromatic N) is 3. The van der Waals surface area contributed by atoms with Gasteiger partial charge in [0.2, 0.25) is 0 Å². The SMILES string of the molecule is Cc1cc(C)n(CCNC(=O)Nc2ccc3c(c2)OCC(=O)N3C)c(=O)n1. The van der Waals surface area contributed by atoms with Crippen molar-refractivity contribution in [2.75, 3.05) is 30.4 Å². The highest BCUT2D eigenvalue weighted by atomic mass is 16.5. The molecule has 0 spiro atoms. The first-order valence-corrected chi connectivity index (χ1v) is 8.48. The van der Waals surface area contributed by atoms with Gasteiger partial charge in [-0.3, -0.25) is 9.36 Å². The van der Waals surface area contributed by atoms with E-state index in [1.807, 2.05) is 13.0 Å². The summed E-state index contributed by atoms with van der Waals surface area (Å²) in [6.45, 7) is 4.16. The molecule has 2 aromatic rings. The van der Waals surface area contributed by atoms with Crippen molar-refractivity contribution < 1.29 is 14.3 Å². The molecule has 142 valence electrons. The molecule has 9 nitrogen and oxygen atoms in total. The summed E-state index contributed by atoms with van der Waals surface area (Å²) in [6.07, 6.45) is 0. The summed E-state index contributed by atoms with van der Waals surface area (Å²) >= 11 is 0. The molecule has 2 N–H and O–H groups in total. The van der Waals surface area contributed by atoms with Crippen LogP contribution >= 0.6 is 0 Å². The summed E-state index contributed by atoms with van der Waals surface area (Å²) in [5.74, 6) is 0.403. The summed E-state index contributed by atoms with van der Waals surface area (Å²) in [4.78, 5) is 41.0. The molecule has 1 aliphatic heterocycles. The summed E-state index contributed by atoms with van der Waals surface area (Å²) in [6, 6.07) is 6.48. The van der Waals surface area contributed by atoms with Gasteiger partial charge in [-0.1, -0.05) is 0 Å². The minimum absolute atomic E-state index is 0.0299. The second-order valence-electron chi connectivity index (χ2n) is 6.28. The second kappa shape index (κ2) is 7.48. The van der Waals surface area contributed by atoms with Gasteiger partial charge in [-0.25, -0.2) is 9.59 Å². The number of urea groups is 1. The maximum atomic E-state index is 12.1. The number of ether oxygens (including phenoxy) is 1. The fourth-order valence-corrected chi connectivity index (χ4v) is 2.86. The molecule has 0 radical (unpaired) electrons. The molecule has 0 unspecified atom stereocenters. The van der Waals surface area contributed by atoms with Gasteiger partial charge < -0.3 is 20.3 Å². The minimum atomic E-state index is -0.402. The Bertz CT molecular complexity index is 953. The smallest absolute Gasteiger partial charge is 0.348 e. The number of carbonyl (C=O) groups excluding carboxylic acids is 2. The fourth-order valence-electron chi connectivity index (χ4n) is 2.86. The zero-order chi connectivity index (χ0) is 19.6. The van der Waals surface area contributed by atoms with E-state index in [4.69, 9.17) is 4.74 Å². The maximum absolute atomic E-state index is 12.1. The number of nitrogens with one attached hydrogen (secondary N) is 2. The van der Waals surface area contributed by atoms with Crippen LogP contribution in [-0.2, 0) is 11.3 Å². The molecule has 9 heteroatoms. The number of hydrogen-bond acceptors (Lipinski definition) is 5. The molecule has 3 amide bonds. The first-order chi connectivity index (χ1) is 12.8. The molecule has 0 saturated carbocycles. The van der Waals surface area contributed by atoms with Gasteiger partial charge in [-0.2, -0.15) is 4.98 Å². The van der Waals surface area contributed by atoms with Crippen LogP contribution < -0.4 is 26.0 Å². The van der Waals surface area contributed by atoms with Crippen molar-refractivity contribution in [1.82, 2.24) is 14.9 Å². The summed E-state index contributed by atoms with van der Waals surface area (Å²) < 4.78 is 6.90. The summed E-state index contributed by atoms with van der Waals surface area (Å²) in [7, 11) is 1.67. The van der Waals surface area contributed by atoms with Gasteiger partial charge in [0.1, 0.15) is 5.75 Å². The second-order valence-corrected chi connectivity index (χ2v) is 6.28. The molecule has 0 atom stereocenters. The number of fused-ring (bicyclic) bond motifs is 1. The normalized spacial score (nSPS) is 13.0. The van der Waals surface area contributed by atoms with Crippen LogP contribution in [0.3, 0.4) is 0 Å². The lowest BCUT2D eigenvalue weighted by molar-refractivity contribution is -0.120. The van der Waals surface area contributed by atoms with Gasteiger partial charge in [0, 0.05) is 43.3 Å². The highest BCUT2D eigenvalue weighted by Gasteiger charge is 2.22. The van der Waals surface area contributed by atoms with Crippen LogP contribution in [0.15, 0.2) is 29.1 Å². The summed E-state index contributed by atoms with van der Waals surface area (Å²) in [5.41, 5.74) is 2.32. The van der Waals surface area contributed by atoms with Crippen molar-refractivity contribution in [3.8, 4) is 5.75 Å². The molecule has 1 aromatic heterocycles. The number of likely N-dealkylation sites (N-methyl/N-ethyl adjacent to an activating group) is 1. The topological polar surface area (TPSA) is 106 Å². The standard InChI is InChI=1S/C18H21N5O4/c1-11-8-12(2)23(18(26)20-11)7-6-19-17(25)21-13-4-5-14-15(9-13)27-10-16(24)22(14)3/h4-5,8-9H,6-7,10H2,1-3H3,(H2,19,21,25). The zero-order valence-electron chi connectivity index (χ0n) is 15.4. The van der Waals surface area contributed by atoms with Crippen LogP contribution in [0.1, 0.15) is 11.4 Å². The number of amides is 3. The lowest BCUT2D eigenvalue weighted by Crippen LogP contribution is -2.36. The van der Waals surface area contributed by atoms with Crippen LogP contribution in [-0.4, -0.2) is 41.7 Å². The highest BCUT2D eigenvalue weighted by molar-refractivity contribution is 5.98. The lowest BCUT2D eigenvalue weighted by Gasteiger charge is -2.26. The highest BCUT2D eigenvalue weighted by Crippen LogP contribution is 2.33. The average molecular weight is 371 g/mol. The quantitative estimate of drug-likeness (QED) is 0.835. The van der Waals surface area contributed by atoms with Gasteiger partial charge in [0.05, 0.1) is 5.69 Å². The van der Waals surface area contributed by atoms with Crippen LogP contribution in [0.2, 0.25) is 0 Å². The van der Waals surface area contributed by atoms with Crippen molar-refractivity contribution in [2.24, 2.45) is 0 Å². The number of aromatic nitrogens is 2. The molecule has 1 aromatic carbocycles. The van der Waals surface area contributed by atoms with Gasteiger partial charge >= 0.3 is 11.7 Å². The van der Waals surface area contributed by atoms with E-state index in [-0.39, 0.29) is 24.7 Å². The monoisotopic (exact) mass is 371 g/mol. The number of aryl methyl sites for hydroxylation is 2. The fraction of sp³-hybridized carbons (Fsp3) is 0.333. The van der Waals surface area contributed by atoms with E-state index in [1.54, 1.807) is 32.2 Å². The maximum Gasteiger partial charge on any atom is 0.348 e. The molecular formula is C18H21N5O4. The Balaban J connectivity index is 1.57. The van der Waals surface area contributed by atoms with E-state index in [1.165, 1.54) is 9.47 Å². The van der Waals surface area contributed by atoms with Crippen LogP contribution in [0.4, 0.5) is 16.2 Å². The van der Waals surface area contributed by atoms with Crippen molar-refractivity contribution in [3.05, 3.63) is 46.1 Å². The number of rotatable bonds is 4. The first kappa shape index (κ1) is 18.4. The van der Waals surface area contributed by atoms with E-state index < -0.39 is 6.03 Å². The molecule has 0 bridgehead atoms. The third-order valence-electron chi connectivity index (χ3n) is 4.27. The molecule has 27 heavy (non-hydrogen) atoms. The van der Waals surface area contributed by atoms with Crippen LogP contribution in [0.5, 0.6) is 5.75 Å². The number of hydrogen-bond donors (Lipinski definition) is 2. The van der Waals surface area contributed by atoms with Gasteiger partial charge in [0.15, 0.2) is 6.61 Å². The Morgan fingerprint density at radius 2 is 2.04 bits per heavy atom. The number of benzene rings is 1. The van der Waals surface area contributed by atoms with Crippen molar-refractivity contribution in [2.45, 2.75) is 20.4 Å². The Labute approximate surface area is 156 Å². The summed E-state index contributed by atoms with van der Waals surface area (Å²) in [5, 5.41) is 5.41. The third kappa shape index (κ3) is 4.08. The molecule has 2 heterocycles. The Hall–Kier alpha value is -3.36. The molecule has 0 aliphatic carbocycles. The Morgan fingerprint density at radius 3 is 2.78 bits per heavy atom. The predicted molar refractivity (Wildman–Crippen MR) is 100 cm³/mol. The van der Waals surface area contributed by atoms with Crippen molar-refractivity contribution in [3.63, 3.8) is 0 Å². The van der Waals surface area contributed by atoms with Crippen LogP contribution in [0.25, 0.3) is 0 Å². The van der Waals surface area contributed by atoms with Crippen molar-refractivity contribution in [1.29, 1.82) is 0 Å². The zero-order valence-corrected chi connectivity index (χ0v) is 15.4. The largest absolute Gasteiger partial charge is 0.481 e. The Morgan fingerprint density at radius 1 is 1.26 bits per heavy atom. The van der Waals surface area contributed by atoms with Crippen molar-refractivity contribution >= 4 is 23.3 Å². The predicted octanol–water partition coefficient (Wildman–Crippen LogP) is 1.04. The first-order valence-electron chi connectivity index (χ1n) is 8.48. The van der Waals surface area contributed by atoms with E-state index in [0.717, 1.165) is 5.69 Å². The van der Waals surface area contributed by atoms with E-state index in [9.17, 15) is 14.4 Å². The van der Waals surface area contributed by atoms with E-state index in [0.29, 0.717) is 29.4 Å². The average Bonchev–Trinajstić information content (AvgIpc) is 2.60. The molecular weight excluding hydrogens is 350 g/mol. The van der Waals surface area contributed by atoms with E-state index >= 15 is 0 Å². The number of carbonyl (C=O) groups is 2. The van der Waals surface area contributed by atoms with Gasteiger partial charge in [0.25, 0.3) is 5.91 Å². The lowest BCUT2D eigenvalue weighted by atomic mass is 10.2. The minimum Gasteiger partial charge on any atom is -0.481 e. The molecule has 3 rings (SSSR count). The molecule has 0 saturated heterocycles. The third-order valence-corrected chi connectivity index (χ3v) is 4.27. The van der Waals surface area contributed by atoms with E-state index in [2.05, 4.69) is 15.6 Å². The number of anilines is 2. The molecule has 1 aliphatic rings.